The zero-order valence-corrected chi connectivity index (χ0v) is 10.7. The minimum Gasteiger partial charge on any atom is -0.387 e. The zero-order chi connectivity index (χ0) is 13.0. The van der Waals surface area contributed by atoms with E-state index in [1.165, 1.54) is 0 Å². The Labute approximate surface area is 107 Å². The fourth-order valence-corrected chi connectivity index (χ4v) is 1.88. The molecule has 0 aliphatic heterocycles. The van der Waals surface area contributed by atoms with Gasteiger partial charge in [0, 0.05) is 18.7 Å². The first kappa shape index (κ1) is 12.8. The van der Waals surface area contributed by atoms with Crippen LogP contribution in [0.5, 0.6) is 0 Å². The largest absolute Gasteiger partial charge is 0.387 e. The molecule has 2 rings (SSSR count). The highest BCUT2D eigenvalue weighted by Gasteiger charge is 2.10. The van der Waals surface area contributed by atoms with Crippen LogP contribution in [0.2, 0.25) is 0 Å². The van der Waals surface area contributed by atoms with E-state index in [0.29, 0.717) is 13.1 Å². The Kier molecular flexibility index (Phi) is 4.12. The maximum atomic E-state index is 9.99. The van der Waals surface area contributed by atoms with Gasteiger partial charge in [0.1, 0.15) is 5.76 Å². The Bertz CT molecular complexity index is 474. The topological polar surface area (TPSA) is 58.3 Å². The Balaban J connectivity index is 1.86. The normalized spacial score (nSPS) is 12.6. The van der Waals surface area contributed by atoms with E-state index < -0.39 is 6.10 Å². The van der Waals surface area contributed by atoms with Crippen LogP contribution in [0.3, 0.4) is 0 Å². The Morgan fingerprint density at radius 1 is 1.28 bits per heavy atom. The lowest BCUT2D eigenvalue weighted by Crippen LogP contribution is -2.21. The molecule has 4 nitrogen and oxygen atoms in total. The molecule has 0 saturated heterocycles. The molecule has 18 heavy (non-hydrogen) atoms. The highest BCUT2D eigenvalue weighted by Crippen LogP contribution is 2.13. The van der Waals surface area contributed by atoms with E-state index in [1.54, 1.807) is 0 Å². The molecule has 4 heteroatoms. The number of aliphatic hydroxyl groups is 1. The lowest BCUT2D eigenvalue weighted by Gasteiger charge is -2.11. The maximum absolute atomic E-state index is 9.99. The van der Waals surface area contributed by atoms with Gasteiger partial charge in [-0.05, 0) is 19.4 Å². The molecular weight excluding hydrogens is 228 g/mol. The van der Waals surface area contributed by atoms with Crippen molar-refractivity contribution in [3.8, 4) is 0 Å². The second-order valence-electron chi connectivity index (χ2n) is 4.36. The van der Waals surface area contributed by atoms with E-state index in [4.69, 9.17) is 4.52 Å². The first-order chi connectivity index (χ1) is 8.68. The van der Waals surface area contributed by atoms with E-state index in [0.717, 1.165) is 22.6 Å². The fraction of sp³-hybridized carbons (Fsp3) is 0.357. The predicted molar refractivity (Wildman–Crippen MR) is 69.1 cm³/mol. The molecule has 1 aromatic carbocycles. The Morgan fingerprint density at radius 3 is 2.61 bits per heavy atom. The summed E-state index contributed by atoms with van der Waals surface area (Å²) in [6.45, 7) is 4.98. The van der Waals surface area contributed by atoms with Gasteiger partial charge >= 0.3 is 0 Å². The molecule has 96 valence electrons. The van der Waals surface area contributed by atoms with Crippen molar-refractivity contribution < 1.29 is 9.63 Å². The number of hydrogen-bond donors (Lipinski definition) is 2. The lowest BCUT2D eigenvalue weighted by molar-refractivity contribution is 0.174. The van der Waals surface area contributed by atoms with Crippen molar-refractivity contribution in [1.29, 1.82) is 0 Å². The summed E-state index contributed by atoms with van der Waals surface area (Å²) in [5.41, 5.74) is 2.88. The van der Waals surface area contributed by atoms with Gasteiger partial charge in [0.15, 0.2) is 0 Å². The molecule has 2 N–H and O–H groups in total. The molecule has 1 heterocycles. The van der Waals surface area contributed by atoms with Crippen molar-refractivity contribution in [2.75, 3.05) is 6.54 Å². The van der Waals surface area contributed by atoms with Crippen LogP contribution >= 0.6 is 0 Å². The third-order valence-electron chi connectivity index (χ3n) is 3.01. The van der Waals surface area contributed by atoms with Gasteiger partial charge in [-0.3, -0.25) is 0 Å². The molecule has 0 aliphatic rings. The summed E-state index contributed by atoms with van der Waals surface area (Å²) in [4.78, 5) is 0. The zero-order valence-electron chi connectivity index (χ0n) is 10.7. The van der Waals surface area contributed by atoms with Gasteiger partial charge in [0.25, 0.3) is 0 Å². The van der Waals surface area contributed by atoms with E-state index in [2.05, 4.69) is 10.5 Å². The summed E-state index contributed by atoms with van der Waals surface area (Å²) < 4.78 is 5.08. The number of aromatic nitrogens is 1. The highest BCUT2D eigenvalue weighted by atomic mass is 16.5. The van der Waals surface area contributed by atoms with Crippen molar-refractivity contribution in [3.05, 3.63) is 52.9 Å². The van der Waals surface area contributed by atoms with Crippen LogP contribution in [0.4, 0.5) is 0 Å². The summed E-state index contributed by atoms with van der Waals surface area (Å²) in [6, 6.07) is 9.62. The third kappa shape index (κ3) is 2.97. The monoisotopic (exact) mass is 246 g/mol. The maximum Gasteiger partial charge on any atom is 0.138 e. The Morgan fingerprint density at radius 2 is 2.00 bits per heavy atom. The molecule has 0 aliphatic carbocycles. The quantitative estimate of drug-likeness (QED) is 0.848. The molecule has 0 bridgehead atoms. The summed E-state index contributed by atoms with van der Waals surface area (Å²) in [7, 11) is 0. The van der Waals surface area contributed by atoms with E-state index >= 15 is 0 Å². The van der Waals surface area contributed by atoms with Crippen molar-refractivity contribution in [2.45, 2.75) is 26.5 Å². The van der Waals surface area contributed by atoms with Crippen LogP contribution in [0, 0.1) is 13.8 Å². The summed E-state index contributed by atoms with van der Waals surface area (Å²) in [5, 5.41) is 17.1. The highest BCUT2D eigenvalue weighted by molar-refractivity contribution is 5.21. The van der Waals surface area contributed by atoms with Gasteiger partial charge < -0.3 is 14.9 Å². The molecule has 0 fully saturated rings. The van der Waals surface area contributed by atoms with Crippen LogP contribution in [0.15, 0.2) is 34.9 Å². The number of aryl methyl sites for hydroxylation is 2. The molecule has 1 aromatic heterocycles. The van der Waals surface area contributed by atoms with Gasteiger partial charge in [-0.15, -0.1) is 0 Å². The summed E-state index contributed by atoms with van der Waals surface area (Å²) >= 11 is 0. The summed E-state index contributed by atoms with van der Waals surface area (Å²) in [5.74, 6) is 0.828. The fourth-order valence-electron chi connectivity index (χ4n) is 1.88. The second-order valence-corrected chi connectivity index (χ2v) is 4.36. The Hall–Kier alpha value is -1.65. The predicted octanol–water partition coefficient (Wildman–Crippen LogP) is 2.11. The van der Waals surface area contributed by atoms with Crippen LogP contribution in [-0.2, 0) is 6.54 Å². The molecule has 1 atom stereocenters. The number of benzene rings is 1. The van der Waals surface area contributed by atoms with Crippen LogP contribution < -0.4 is 5.32 Å². The van der Waals surface area contributed by atoms with Crippen molar-refractivity contribution in [3.63, 3.8) is 0 Å². The third-order valence-corrected chi connectivity index (χ3v) is 3.01. The first-order valence-electron chi connectivity index (χ1n) is 6.04. The first-order valence-corrected chi connectivity index (χ1v) is 6.04. The van der Waals surface area contributed by atoms with E-state index in [1.807, 2.05) is 44.2 Å². The van der Waals surface area contributed by atoms with Gasteiger partial charge in [-0.1, -0.05) is 35.5 Å². The summed E-state index contributed by atoms with van der Waals surface area (Å²) in [6.07, 6.45) is -0.494. The molecule has 0 amide bonds. The smallest absolute Gasteiger partial charge is 0.138 e. The van der Waals surface area contributed by atoms with Gasteiger partial charge in [-0.2, -0.15) is 0 Å². The minimum atomic E-state index is -0.494. The van der Waals surface area contributed by atoms with Crippen LogP contribution in [-0.4, -0.2) is 16.8 Å². The van der Waals surface area contributed by atoms with Gasteiger partial charge in [0.05, 0.1) is 11.8 Å². The average Bonchev–Trinajstić information content (AvgIpc) is 2.71. The molecule has 0 radical (unpaired) electrons. The number of nitrogens with zero attached hydrogens (tertiary/aromatic N) is 1. The molecular formula is C14H18N2O2. The van der Waals surface area contributed by atoms with Gasteiger partial charge in [-0.25, -0.2) is 0 Å². The van der Waals surface area contributed by atoms with Crippen LogP contribution in [0.25, 0.3) is 0 Å². The van der Waals surface area contributed by atoms with Crippen molar-refractivity contribution in [2.24, 2.45) is 0 Å². The number of hydrogen-bond acceptors (Lipinski definition) is 4. The van der Waals surface area contributed by atoms with E-state index in [-0.39, 0.29) is 0 Å². The molecule has 0 spiro atoms. The van der Waals surface area contributed by atoms with E-state index in [9.17, 15) is 5.11 Å². The number of rotatable bonds is 5. The second kappa shape index (κ2) is 5.80. The molecule has 0 saturated carbocycles. The van der Waals surface area contributed by atoms with Crippen molar-refractivity contribution in [1.82, 2.24) is 10.5 Å². The van der Waals surface area contributed by atoms with Crippen molar-refractivity contribution >= 4 is 0 Å². The average molecular weight is 246 g/mol. The van der Waals surface area contributed by atoms with Crippen LogP contribution in [0.1, 0.15) is 28.7 Å². The number of nitrogens with one attached hydrogen (secondary N) is 1. The molecule has 1 unspecified atom stereocenters. The van der Waals surface area contributed by atoms with Gasteiger partial charge in [0.2, 0.25) is 0 Å². The molecule has 2 aromatic rings. The minimum absolute atomic E-state index is 0.494. The number of aliphatic hydroxyl groups excluding tert-OH is 1. The standard InChI is InChI=1S/C14H18N2O2/c1-10-13(11(2)18-16-10)8-15-9-14(17)12-6-4-3-5-7-12/h3-7,14-15,17H,8-9H2,1-2H3. The SMILES string of the molecule is Cc1noc(C)c1CNCC(O)c1ccccc1. The lowest BCUT2D eigenvalue weighted by atomic mass is 10.1.